The Morgan fingerprint density at radius 2 is 2.00 bits per heavy atom. The van der Waals surface area contributed by atoms with Gasteiger partial charge in [-0.2, -0.15) is 0 Å². The van der Waals surface area contributed by atoms with Crippen LogP contribution in [0.5, 0.6) is 0 Å². The highest BCUT2D eigenvalue weighted by Crippen LogP contribution is 2.25. The van der Waals surface area contributed by atoms with Crippen LogP contribution in [0.1, 0.15) is 32.8 Å². The van der Waals surface area contributed by atoms with E-state index in [1.165, 1.54) is 29.0 Å². The third kappa shape index (κ3) is 3.63. The first-order chi connectivity index (χ1) is 10.2. The van der Waals surface area contributed by atoms with Crippen molar-refractivity contribution in [3.8, 4) is 0 Å². The number of aliphatic carboxylic acids is 1. The molecule has 0 radical (unpaired) electrons. The molecule has 0 atom stereocenters. The van der Waals surface area contributed by atoms with Crippen LogP contribution in [0, 0.1) is 5.82 Å². The van der Waals surface area contributed by atoms with Crippen molar-refractivity contribution >= 4 is 23.0 Å². The monoisotopic (exact) mass is 307 g/mol. The number of hydrogen-bond acceptors (Lipinski definition) is 3. The van der Waals surface area contributed by atoms with Crippen LogP contribution in [0.15, 0.2) is 24.4 Å². The number of fused-ring (bicyclic) bond motifs is 1. The number of halogens is 1. The molecule has 0 aliphatic heterocycles. The molecule has 0 bridgehead atoms. The van der Waals surface area contributed by atoms with Crippen LogP contribution in [0.25, 0.3) is 10.9 Å². The quantitative estimate of drug-likeness (QED) is 0.941. The van der Waals surface area contributed by atoms with E-state index in [0.29, 0.717) is 16.5 Å². The zero-order valence-corrected chi connectivity index (χ0v) is 12.7. The Labute approximate surface area is 127 Å². The van der Waals surface area contributed by atoms with Gasteiger partial charge < -0.3 is 9.84 Å². The standard InChI is InChI=1S/C16H18FNO4/c1-16(2,3)22-15(21)18-9-10(4-7-14(19)20)12-8-11(17)5-6-13(12)18/h5-6,8-9H,4,7H2,1-3H3,(H,19,20). The van der Waals surface area contributed by atoms with Crippen molar-refractivity contribution in [3.05, 3.63) is 35.8 Å². The molecular weight excluding hydrogens is 289 g/mol. The predicted molar refractivity (Wildman–Crippen MR) is 79.5 cm³/mol. The third-order valence-electron chi connectivity index (χ3n) is 3.05. The summed E-state index contributed by atoms with van der Waals surface area (Å²) in [5, 5.41) is 9.32. The second kappa shape index (κ2) is 5.79. The van der Waals surface area contributed by atoms with Gasteiger partial charge >= 0.3 is 12.1 Å². The molecule has 0 saturated heterocycles. The van der Waals surface area contributed by atoms with E-state index in [9.17, 15) is 14.0 Å². The Bertz CT molecular complexity index is 728. The Morgan fingerprint density at radius 3 is 2.59 bits per heavy atom. The molecule has 0 spiro atoms. The fourth-order valence-electron chi connectivity index (χ4n) is 2.17. The van der Waals surface area contributed by atoms with Gasteiger partial charge in [-0.15, -0.1) is 0 Å². The number of aryl methyl sites for hydroxylation is 1. The molecule has 5 nitrogen and oxygen atoms in total. The van der Waals surface area contributed by atoms with Gasteiger partial charge in [0.1, 0.15) is 11.4 Å². The second-order valence-corrected chi connectivity index (χ2v) is 6.06. The van der Waals surface area contributed by atoms with Gasteiger partial charge in [-0.25, -0.2) is 9.18 Å². The SMILES string of the molecule is CC(C)(C)OC(=O)n1cc(CCC(=O)O)c2cc(F)ccc21. The van der Waals surface area contributed by atoms with Crippen LogP contribution in [-0.2, 0) is 16.0 Å². The molecular formula is C16H18FNO4. The molecule has 6 heteroatoms. The van der Waals surface area contributed by atoms with Gasteiger partial charge in [0.05, 0.1) is 5.52 Å². The molecule has 0 aliphatic carbocycles. The van der Waals surface area contributed by atoms with E-state index in [-0.39, 0.29) is 12.8 Å². The number of hydrogen-bond donors (Lipinski definition) is 1. The fraction of sp³-hybridized carbons (Fsp3) is 0.375. The predicted octanol–water partition coefficient (Wildman–Crippen LogP) is 3.58. The largest absolute Gasteiger partial charge is 0.481 e. The van der Waals surface area contributed by atoms with Crippen molar-refractivity contribution in [2.75, 3.05) is 0 Å². The average Bonchev–Trinajstić information content (AvgIpc) is 2.72. The first-order valence-electron chi connectivity index (χ1n) is 6.92. The van der Waals surface area contributed by atoms with Crippen molar-refractivity contribution in [1.82, 2.24) is 4.57 Å². The molecule has 1 heterocycles. The number of nitrogens with zero attached hydrogens (tertiary/aromatic N) is 1. The maximum atomic E-state index is 13.5. The summed E-state index contributed by atoms with van der Waals surface area (Å²) in [4.78, 5) is 23.0. The average molecular weight is 307 g/mol. The summed E-state index contributed by atoms with van der Waals surface area (Å²) >= 11 is 0. The van der Waals surface area contributed by atoms with Gasteiger partial charge in [-0.3, -0.25) is 9.36 Å². The molecule has 0 unspecified atom stereocenters. The van der Waals surface area contributed by atoms with E-state index >= 15 is 0 Å². The van der Waals surface area contributed by atoms with Crippen LogP contribution < -0.4 is 0 Å². The highest BCUT2D eigenvalue weighted by molar-refractivity contribution is 5.92. The molecule has 0 fully saturated rings. The van der Waals surface area contributed by atoms with Gasteiger partial charge in [-0.05, 0) is 51.0 Å². The molecule has 0 amide bonds. The summed E-state index contributed by atoms with van der Waals surface area (Å²) in [6.07, 6.45) is 1.06. The number of rotatable bonds is 3. The molecule has 1 aromatic carbocycles. The summed E-state index contributed by atoms with van der Waals surface area (Å²) in [6, 6.07) is 4.04. The number of benzene rings is 1. The van der Waals surface area contributed by atoms with E-state index in [1.807, 2.05) is 0 Å². The summed E-state index contributed by atoms with van der Waals surface area (Å²) < 4.78 is 20.1. The van der Waals surface area contributed by atoms with Crippen molar-refractivity contribution in [1.29, 1.82) is 0 Å². The minimum atomic E-state index is -0.949. The molecule has 0 aliphatic rings. The smallest absolute Gasteiger partial charge is 0.419 e. The molecule has 2 rings (SSSR count). The number of aromatic nitrogens is 1. The highest BCUT2D eigenvalue weighted by atomic mass is 19.1. The lowest BCUT2D eigenvalue weighted by atomic mass is 10.1. The van der Waals surface area contributed by atoms with Gasteiger partial charge in [0.15, 0.2) is 0 Å². The maximum absolute atomic E-state index is 13.5. The lowest BCUT2D eigenvalue weighted by Gasteiger charge is -2.19. The molecule has 22 heavy (non-hydrogen) atoms. The molecule has 2 aromatic rings. The molecule has 1 aromatic heterocycles. The van der Waals surface area contributed by atoms with E-state index in [2.05, 4.69) is 0 Å². The van der Waals surface area contributed by atoms with Crippen molar-refractivity contribution in [3.63, 3.8) is 0 Å². The number of carbonyl (C=O) groups excluding carboxylic acids is 1. The van der Waals surface area contributed by atoms with Crippen LogP contribution in [0.2, 0.25) is 0 Å². The minimum absolute atomic E-state index is 0.0933. The summed E-state index contributed by atoms with van der Waals surface area (Å²) in [5.41, 5.74) is 0.438. The van der Waals surface area contributed by atoms with Gasteiger partial charge in [0, 0.05) is 18.0 Å². The Kier molecular flexibility index (Phi) is 4.21. The Balaban J connectivity index is 2.46. The maximum Gasteiger partial charge on any atom is 0.419 e. The summed E-state index contributed by atoms with van der Waals surface area (Å²) in [6.45, 7) is 5.25. The van der Waals surface area contributed by atoms with E-state index in [1.54, 1.807) is 20.8 Å². The van der Waals surface area contributed by atoms with Gasteiger partial charge in [0.2, 0.25) is 0 Å². The highest BCUT2D eigenvalue weighted by Gasteiger charge is 2.21. The number of ether oxygens (including phenoxy) is 1. The van der Waals surface area contributed by atoms with Crippen LogP contribution >= 0.6 is 0 Å². The lowest BCUT2D eigenvalue weighted by molar-refractivity contribution is -0.136. The topological polar surface area (TPSA) is 68.5 Å². The Hall–Kier alpha value is -2.37. The van der Waals surface area contributed by atoms with Gasteiger partial charge in [-0.1, -0.05) is 0 Å². The first-order valence-corrected chi connectivity index (χ1v) is 6.92. The molecule has 118 valence electrons. The second-order valence-electron chi connectivity index (χ2n) is 6.06. The lowest BCUT2D eigenvalue weighted by Crippen LogP contribution is -2.26. The Morgan fingerprint density at radius 1 is 1.32 bits per heavy atom. The van der Waals surface area contributed by atoms with E-state index in [4.69, 9.17) is 9.84 Å². The number of carbonyl (C=O) groups is 2. The van der Waals surface area contributed by atoms with Crippen LogP contribution in [0.4, 0.5) is 9.18 Å². The van der Waals surface area contributed by atoms with E-state index in [0.717, 1.165) is 0 Å². The van der Waals surface area contributed by atoms with Crippen LogP contribution in [-0.4, -0.2) is 27.3 Å². The van der Waals surface area contributed by atoms with Crippen LogP contribution in [0.3, 0.4) is 0 Å². The van der Waals surface area contributed by atoms with Crippen molar-refractivity contribution in [2.24, 2.45) is 0 Å². The summed E-state index contributed by atoms with van der Waals surface area (Å²) in [5.74, 6) is -1.39. The first kappa shape index (κ1) is 16.0. The fourth-order valence-corrected chi connectivity index (χ4v) is 2.17. The zero-order valence-electron chi connectivity index (χ0n) is 12.7. The third-order valence-corrected chi connectivity index (χ3v) is 3.05. The number of carboxylic acid groups (broad SMARTS) is 1. The molecule has 1 N–H and O–H groups in total. The van der Waals surface area contributed by atoms with Crippen molar-refractivity contribution in [2.45, 2.75) is 39.2 Å². The minimum Gasteiger partial charge on any atom is -0.481 e. The van der Waals surface area contributed by atoms with E-state index < -0.39 is 23.5 Å². The van der Waals surface area contributed by atoms with Crippen molar-refractivity contribution < 1.29 is 23.8 Å². The van der Waals surface area contributed by atoms with Gasteiger partial charge in [0.25, 0.3) is 0 Å². The number of carboxylic acids is 1. The summed E-state index contributed by atoms with van der Waals surface area (Å²) in [7, 11) is 0. The zero-order chi connectivity index (χ0) is 16.5. The normalized spacial score (nSPS) is 11.6. The molecule has 0 saturated carbocycles.